The molecule has 3 nitrogen and oxygen atoms in total. The molecule has 34 valence electrons. The molecule has 0 bridgehead atoms. The molecule has 0 heterocycles. The van der Waals surface area contributed by atoms with Gasteiger partial charge in [0.15, 0.2) is 0 Å². The second kappa shape index (κ2) is 2.26. The molecule has 0 aliphatic carbocycles. The van der Waals surface area contributed by atoms with Crippen LogP contribution in [0, 0.1) is 0 Å². The summed E-state index contributed by atoms with van der Waals surface area (Å²) in [5.41, 5.74) is 4.47. The zero-order chi connectivity index (χ0) is 4.99. The maximum absolute atomic E-state index is 9.53. The molecule has 0 radical (unpaired) electrons. The lowest BCUT2D eigenvalue weighted by Gasteiger charge is -1.83. The molecule has 0 aromatic rings. The van der Waals surface area contributed by atoms with Crippen molar-refractivity contribution in [3.05, 3.63) is 12.8 Å². The van der Waals surface area contributed by atoms with Gasteiger partial charge in [-0.05, 0) is 0 Å². The molecule has 0 saturated carbocycles. The lowest BCUT2D eigenvalue weighted by Crippen LogP contribution is -2.08. The molecular weight excluding hydrogens is 82.0 g/mol. The fourth-order valence-electron chi connectivity index (χ4n) is 0.0821. The highest BCUT2D eigenvalue weighted by Gasteiger charge is 1.79. The van der Waals surface area contributed by atoms with Crippen molar-refractivity contribution in [3.8, 4) is 0 Å². The monoisotopic (exact) mass is 87.0 g/mol. The Balaban J connectivity index is 3.05. The number of amides is 1. The van der Waals surface area contributed by atoms with Gasteiger partial charge < -0.3 is 10.5 Å². The molecule has 1 amide bonds. The summed E-state index contributed by atoms with van der Waals surface area (Å²) in [6.45, 7) is 3.08. The number of primary amides is 1. The molecule has 0 aliphatic rings. The molecule has 3 heteroatoms. The highest BCUT2D eigenvalue weighted by molar-refractivity contribution is 5.65. The zero-order valence-electron chi connectivity index (χ0n) is 3.18. The third-order valence-corrected chi connectivity index (χ3v) is 0.199. The largest absolute Gasteiger partial charge is 0.419 e. The van der Waals surface area contributed by atoms with Gasteiger partial charge in [0.05, 0.1) is 6.26 Å². The molecule has 0 aromatic carbocycles. The Morgan fingerprint density at radius 2 is 2.50 bits per heavy atom. The van der Waals surface area contributed by atoms with Crippen LogP contribution >= 0.6 is 0 Å². The summed E-state index contributed by atoms with van der Waals surface area (Å²) in [7, 11) is 0. The molecule has 0 fully saturated rings. The smallest absolute Gasteiger partial charge is 0.409 e. The second-order valence-corrected chi connectivity index (χ2v) is 0.604. The summed E-state index contributed by atoms with van der Waals surface area (Å²) in [5, 5.41) is 0. The fourth-order valence-corrected chi connectivity index (χ4v) is 0.0821. The third-order valence-electron chi connectivity index (χ3n) is 0.199. The van der Waals surface area contributed by atoms with Gasteiger partial charge in [0.25, 0.3) is 0 Å². The van der Waals surface area contributed by atoms with Crippen LogP contribution in [0.4, 0.5) is 4.79 Å². The molecule has 2 N–H and O–H groups in total. The topological polar surface area (TPSA) is 52.3 Å². The highest BCUT2D eigenvalue weighted by Crippen LogP contribution is 1.66. The highest BCUT2D eigenvalue weighted by atomic mass is 16.5. The number of nitrogens with two attached hydrogens (primary N) is 1. The lowest BCUT2D eigenvalue weighted by atomic mass is 11.1. The van der Waals surface area contributed by atoms with Crippen LogP contribution in [0.1, 0.15) is 0 Å². The van der Waals surface area contributed by atoms with Gasteiger partial charge >= 0.3 is 6.09 Å². The van der Waals surface area contributed by atoms with Gasteiger partial charge in [-0.2, -0.15) is 0 Å². The van der Waals surface area contributed by atoms with E-state index in [1.807, 2.05) is 0 Å². The molecule has 6 heavy (non-hydrogen) atoms. The minimum absolute atomic E-state index is 0.829. The minimum Gasteiger partial charge on any atom is -0.419 e. The Morgan fingerprint density at radius 3 is 2.50 bits per heavy atom. The fraction of sp³-hybridized carbons (Fsp3) is 0. The molecule has 0 unspecified atom stereocenters. The van der Waals surface area contributed by atoms with E-state index in [9.17, 15) is 4.79 Å². The third kappa shape index (κ3) is 3.01. The number of hydrogen-bond donors (Lipinski definition) is 1. The summed E-state index contributed by atoms with van der Waals surface area (Å²) in [6.07, 6.45) is 0.146. The Morgan fingerprint density at radius 1 is 2.00 bits per heavy atom. The van der Waals surface area contributed by atoms with Gasteiger partial charge in [-0.25, -0.2) is 4.79 Å². The Kier molecular flexibility index (Phi) is 1.89. The minimum atomic E-state index is -0.829. The van der Waals surface area contributed by atoms with E-state index < -0.39 is 6.09 Å². The molecule has 0 atom stereocenters. The first-order valence-corrected chi connectivity index (χ1v) is 1.34. The van der Waals surface area contributed by atoms with Crippen LogP contribution in [0.2, 0.25) is 0 Å². The van der Waals surface area contributed by atoms with Crippen molar-refractivity contribution in [1.82, 2.24) is 0 Å². The van der Waals surface area contributed by atoms with Gasteiger partial charge in [0.1, 0.15) is 0 Å². The number of ether oxygens (including phenoxy) is 1. The van der Waals surface area contributed by atoms with Crippen LogP contribution < -0.4 is 5.73 Å². The molecule has 0 aromatic heterocycles. The van der Waals surface area contributed by atoms with Gasteiger partial charge in [0.2, 0.25) is 0 Å². The van der Waals surface area contributed by atoms with E-state index in [-0.39, 0.29) is 0 Å². The first-order valence-electron chi connectivity index (χ1n) is 1.34. The van der Waals surface area contributed by atoms with Crippen LogP contribution in [0.3, 0.4) is 0 Å². The van der Waals surface area contributed by atoms with E-state index in [2.05, 4.69) is 17.0 Å². The van der Waals surface area contributed by atoms with Crippen molar-refractivity contribution < 1.29 is 9.53 Å². The average molecular weight is 87.1 g/mol. The SMILES string of the molecule is C=COC(N)=O. The zero-order valence-corrected chi connectivity index (χ0v) is 3.18. The van der Waals surface area contributed by atoms with Gasteiger partial charge in [0, 0.05) is 0 Å². The average Bonchev–Trinajstić information content (AvgIpc) is 1.35. The molecule has 0 aliphatic heterocycles. The van der Waals surface area contributed by atoms with Crippen molar-refractivity contribution >= 4 is 6.09 Å². The second-order valence-electron chi connectivity index (χ2n) is 0.604. The van der Waals surface area contributed by atoms with Crippen molar-refractivity contribution in [2.75, 3.05) is 0 Å². The first-order chi connectivity index (χ1) is 2.77. The van der Waals surface area contributed by atoms with E-state index >= 15 is 0 Å². The van der Waals surface area contributed by atoms with E-state index in [1.54, 1.807) is 0 Å². The number of carbonyl (C=O) groups excluding carboxylic acids is 1. The van der Waals surface area contributed by atoms with E-state index in [0.29, 0.717) is 0 Å². The summed E-state index contributed by atoms with van der Waals surface area (Å²) in [6, 6.07) is 0. The lowest BCUT2D eigenvalue weighted by molar-refractivity contribution is 0.196. The molecule has 0 rings (SSSR count). The quantitative estimate of drug-likeness (QED) is 0.465. The van der Waals surface area contributed by atoms with Crippen molar-refractivity contribution in [2.24, 2.45) is 5.73 Å². The summed E-state index contributed by atoms with van der Waals surface area (Å²) in [5.74, 6) is 0. The van der Waals surface area contributed by atoms with Gasteiger partial charge in [-0.15, -0.1) is 0 Å². The van der Waals surface area contributed by atoms with E-state index in [0.717, 1.165) is 6.26 Å². The van der Waals surface area contributed by atoms with Crippen LogP contribution in [-0.4, -0.2) is 6.09 Å². The normalized spacial score (nSPS) is 6.67. The molecule has 0 spiro atoms. The van der Waals surface area contributed by atoms with Crippen molar-refractivity contribution in [2.45, 2.75) is 0 Å². The summed E-state index contributed by atoms with van der Waals surface area (Å²) < 4.78 is 3.94. The van der Waals surface area contributed by atoms with Gasteiger partial charge in [-0.3, -0.25) is 0 Å². The van der Waals surface area contributed by atoms with E-state index in [1.165, 1.54) is 0 Å². The number of hydrogen-bond acceptors (Lipinski definition) is 2. The first kappa shape index (κ1) is 5.01. The Labute approximate surface area is 35.4 Å². The maximum atomic E-state index is 9.53. The number of carbonyl (C=O) groups is 1. The van der Waals surface area contributed by atoms with Gasteiger partial charge in [-0.1, -0.05) is 6.58 Å². The predicted octanol–water partition coefficient (Wildman–Crippen LogP) is 0.225. The van der Waals surface area contributed by atoms with Crippen molar-refractivity contribution in [1.29, 1.82) is 0 Å². The van der Waals surface area contributed by atoms with Crippen LogP contribution in [0.15, 0.2) is 12.8 Å². The Hall–Kier alpha value is -0.990. The maximum Gasteiger partial charge on any atom is 0.409 e. The van der Waals surface area contributed by atoms with Crippen LogP contribution in [-0.2, 0) is 4.74 Å². The summed E-state index contributed by atoms with van der Waals surface area (Å²) >= 11 is 0. The van der Waals surface area contributed by atoms with E-state index in [4.69, 9.17) is 0 Å². The van der Waals surface area contributed by atoms with Crippen LogP contribution in [0.25, 0.3) is 0 Å². The predicted molar refractivity (Wildman–Crippen MR) is 20.9 cm³/mol. The Bertz CT molecular complexity index is 69.2. The summed E-state index contributed by atoms with van der Waals surface area (Å²) in [4.78, 5) is 9.53. The standard InChI is InChI=1S/C3H5NO2/c1-2-6-3(4)5/h2H,1H2,(H2,4,5). The molecule has 0 saturated heterocycles. The van der Waals surface area contributed by atoms with Crippen molar-refractivity contribution in [3.63, 3.8) is 0 Å². The molecular formula is C3H5NO2. The number of rotatable bonds is 1. The van der Waals surface area contributed by atoms with Crippen LogP contribution in [0.5, 0.6) is 0 Å².